The van der Waals surface area contributed by atoms with Gasteiger partial charge in [0.2, 0.25) is 0 Å². The van der Waals surface area contributed by atoms with Crippen molar-refractivity contribution in [1.29, 1.82) is 0 Å². The molecule has 14 heavy (non-hydrogen) atoms. The summed E-state index contributed by atoms with van der Waals surface area (Å²) in [4.78, 5) is 2.12. The average Bonchev–Trinajstić information content (AvgIpc) is 1.85. The Hall–Kier alpha value is 0.223. The fourth-order valence-corrected chi connectivity index (χ4v) is 1.21. The van der Waals surface area contributed by atoms with Crippen LogP contribution in [0.25, 0.3) is 0 Å². The number of hydrogen-bond donors (Lipinski definition) is 0. The molecular formula is C10H17Cl2NZn. The van der Waals surface area contributed by atoms with Crippen LogP contribution in [0.4, 0.5) is 5.69 Å². The van der Waals surface area contributed by atoms with Crippen molar-refractivity contribution in [3.05, 3.63) is 29.3 Å². The topological polar surface area (TPSA) is 3.24 Å². The van der Waals surface area contributed by atoms with Crippen LogP contribution in [0.2, 0.25) is 0 Å². The van der Waals surface area contributed by atoms with Crippen molar-refractivity contribution in [3.63, 3.8) is 0 Å². The molecule has 0 fully saturated rings. The van der Waals surface area contributed by atoms with Crippen LogP contribution in [0, 0.1) is 13.8 Å². The van der Waals surface area contributed by atoms with Gasteiger partial charge in [0.25, 0.3) is 0 Å². The molecule has 0 spiro atoms. The first-order valence-corrected chi connectivity index (χ1v) is 3.85. The zero-order valence-electron chi connectivity index (χ0n) is 9.20. The monoisotopic (exact) mass is 285 g/mol. The molecule has 0 amide bonds. The van der Waals surface area contributed by atoms with Crippen LogP contribution < -0.4 is 4.90 Å². The predicted octanol–water partition coefficient (Wildman–Crippen LogP) is 3.21. The number of nitrogens with zero attached hydrogens (tertiary/aromatic N) is 1. The molecule has 1 nitrogen and oxygen atoms in total. The molecule has 1 rings (SSSR count). The predicted molar refractivity (Wildman–Crippen MR) is 64.7 cm³/mol. The van der Waals surface area contributed by atoms with E-state index in [1.807, 2.05) is 0 Å². The Balaban J connectivity index is -0.000000403. The summed E-state index contributed by atoms with van der Waals surface area (Å²) in [5, 5.41) is 0. The van der Waals surface area contributed by atoms with Crippen LogP contribution in [0.5, 0.6) is 0 Å². The van der Waals surface area contributed by atoms with Crippen molar-refractivity contribution >= 4 is 30.5 Å². The maximum atomic E-state index is 2.19. The van der Waals surface area contributed by atoms with Gasteiger partial charge in [-0.05, 0) is 37.1 Å². The Kier molecular flexibility index (Phi) is 12.0. The zero-order chi connectivity index (χ0) is 8.43. The normalized spacial score (nSPS) is 7.71. The number of halogens is 2. The van der Waals surface area contributed by atoms with Crippen molar-refractivity contribution in [2.75, 3.05) is 19.0 Å². The van der Waals surface area contributed by atoms with E-state index >= 15 is 0 Å². The Morgan fingerprint density at radius 3 is 1.50 bits per heavy atom. The molecule has 1 aromatic rings. The molecule has 0 unspecified atom stereocenters. The molecule has 4 heteroatoms. The Bertz CT molecular complexity index is 244. The molecule has 0 aliphatic carbocycles. The van der Waals surface area contributed by atoms with Gasteiger partial charge in [-0.25, -0.2) is 0 Å². The van der Waals surface area contributed by atoms with Crippen molar-refractivity contribution in [1.82, 2.24) is 0 Å². The van der Waals surface area contributed by atoms with Gasteiger partial charge >= 0.3 is 0 Å². The molecule has 0 heterocycles. The number of hydrogen-bond acceptors (Lipinski definition) is 1. The summed E-state index contributed by atoms with van der Waals surface area (Å²) < 4.78 is 0. The van der Waals surface area contributed by atoms with Crippen LogP contribution >= 0.6 is 24.8 Å². The van der Waals surface area contributed by atoms with E-state index in [-0.39, 0.29) is 44.3 Å². The van der Waals surface area contributed by atoms with Crippen molar-refractivity contribution in [2.24, 2.45) is 0 Å². The van der Waals surface area contributed by atoms with E-state index in [9.17, 15) is 0 Å². The van der Waals surface area contributed by atoms with Crippen LogP contribution in [0.3, 0.4) is 0 Å². The first-order valence-electron chi connectivity index (χ1n) is 3.85. The second-order valence-electron chi connectivity index (χ2n) is 3.24. The van der Waals surface area contributed by atoms with Gasteiger partial charge in [-0.15, -0.1) is 24.8 Å². The molecular weight excluding hydrogens is 270 g/mol. The summed E-state index contributed by atoms with van der Waals surface area (Å²) in [5.74, 6) is 0. The van der Waals surface area contributed by atoms with Gasteiger partial charge in [0.05, 0.1) is 0 Å². The van der Waals surface area contributed by atoms with Crippen LogP contribution in [-0.4, -0.2) is 14.1 Å². The van der Waals surface area contributed by atoms with E-state index < -0.39 is 0 Å². The van der Waals surface area contributed by atoms with Crippen molar-refractivity contribution in [3.8, 4) is 0 Å². The van der Waals surface area contributed by atoms with E-state index in [0.29, 0.717) is 0 Å². The molecule has 1 aromatic carbocycles. The van der Waals surface area contributed by atoms with Gasteiger partial charge in [0.1, 0.15) is 0 Å². The molecule has 0 saturated heterocycles. The van der Waals surface area contributed by atoms with Crippen LogP contribution in [0.15, 0.2) is 18.2 Å². The third kappa shape index (κ3) is 5.85. The third-order valence-corrected chi connectivity index (χ3v) is 1.72. The maximum Gasteiger partial charge on any atom is 0.0366 e. The summed E-state index contributed by atoms with van der Waals surface area (Å²) >= 11 is 0. The second kappa shape index (κ2) is 8.53. The Morgan fingerprint density at radius 2 is 1.21 bits per heavy atom. The molecule has 0 N–H and O–H groups in total. The van der Waals surface area contributed by atoms with E-state index in [2.05, 4.69) is 51.0 Å². The molecule has 0 atom stereocenters. The summed E-state index contributed by atoms with van der Waals surface area (Å²) in [6.07, 6.45) is 0. The number of rotatable bonds is 1. The smallest absolute Gasteiger partial charge is 0.0366 e. The quantitative estimate of drug-likeness (QED) is 0.717. The van der Waals surface area contributed by atoms with Gasteiger partial charge in [-0.2, -0.15) is 0 Å². The van der Waals surface area contributed by atoms with Gasteiger partial charge in [-0.3, -0.25) is 0 Å². The van der Waals surface area contributed by atoms with Crippen LogP contribution in [0.1, 0.15) is 11.1 Å². The fraction of sp³-hybridized carbons (Fsp3) is 0.400. The van der Waals surface area contributed by atoms with Gasteiger partial charge in [0.15, 0.2) is 0 Å². The minimum absolute atomic E-state index is 0. The van der Waals surface area contributed by atoms with E-state index in [4.69, 9.17) is 0 Å². The van der Waals surface area contributed by atoms with E-state index in [1.54, 1.807) is 0 Å². The second-order valence-corrected chi connectivity index (χ2v) is 3.24. The SMILES string of the molecule is Cc1cc(C)cc(N(C)C)c1.Cl.Cl.[Zn]. The molecule has 0 aliphatic heterocycles. The fourth-order valence-electron chi connectivity index (χ4n) is 1.21. The number of anilines is 1. The van der Waals surface area contributed by atoms with Gasteiger partial charge < -0.3 is 4.90 Å². The first-order chi connectivity index (χ1) is 5.09. The summed E-state index contributed by atoms with van der Waals surface area (Å²) in [7, 11) is 4.13. The van der Waals surface area contributed by atoms with Crippen molar-refractivity contribution < 1.29 is 19.5 Å². The summed E-state index contributed by atoms with van der Waals surface area (Å²) in [5.41, 5.74) is 3.94. The Morgan fingerprint density at radius 1 is 0.857 bits per heavy atom. The minimum Gasteiger partial charge on any atom is -0.378 e. The number of aryl methyl sites for hydroxylation is 2. The number of benzene rings is 1. The third-order valence-electron chi connectivity index (χ3n) is 1.72. The Labute approximate surface area is 112 Å². The maximum absolute atomic E-state index is 2.19. The first kappa shape index (κ1) is 19.7. The van der Waals surface area contributed by atoms with E-state index in [0.717, 1.165) is 0 Å². The standard InChI is InChI=1S/C10H15N.2ClH.Zn/c1-8-5-9(2)7-10(6-8)11(3)4;;;/h5-7H,1-4H3;2*1H;. The largest absolute Gasteiger partial charge is 0.378 e. The molecule has 0 aromatic heterocycles. The van der Waals surface area contributed by atoms with Gasteiger partial charge in [0, 0.05) is 39.3 Å². The summed E-state index contributed by atoms with van der Waals surface area (Å²) in [6.45, 7) is 4.25. The molecule has 0 aliphatic rings. The van der Waals surface area contributed by atoms with Crippen molar-refractivity contribution in [2.45, 2.75) is 13.8 Å². The minimum atomic E-state index is 0. The van der Waals surface area contributed by atoms with Crippen LogP contribution in [-0.2, 0) is 19.5 Å². The summed E-state index contributed by atoms with van der Waals surface area (Å²) in [6, 6.07) is 6.56. The molecule has 0 bridgehead atoms. The average molecular weight is 288 g/mol. The molecule has 78 valence electrons. The molecule has 0 saturated carbocycles. The molecule has 0 radical (unpaired) electrons. The van der Waals surface area contributed by atoms with E-state index in [1.165, 1.54) is 16.8 Å². The zero-order valence-corrected chi connectivity index (χ0v) is 13.8. The van der Waals surface area contributed by atoms with Gasteiger partial charge in [-0.1, -0.05) is 6.07 Å².